The molecule has 4 rings (SSSR count). The Morgan fingerprint density at radius 3 is 2.79 bits per heavy atom. The lowest BCUT2D eigenvalue weighted by atomic mass is 9.70. The number of rotatable bonds is 2. The number of nitrogens with zero attached hydrogens (tertiary/aromatic N) is 2. The topological polar surface area (TPSA) is 98.2 Å². The second kappa shape index (κ2) is 6.78. The Morgan fingerprint density at radius 2 is 2.10 bits per heavy atom. The van der Waals surface area contributed by atoms with Crippen molar-refractivity contribution >= 4 is 28.3 Å². The van der Waals surface area contributed by atoms with Gasteiger partial charge in [0.05, 0.1) is 18.5 Å². The predicted molar refractivity (Wildman–Crippen MR) is 109 cm³/mol. The van der Waals surface area contributed by atoms with Crippen LogP contribution in [0.5, 0.6) is 5.75 Å². The monoisotopic (exact) mass is 409 g/mol. The molecule has 1 atom stereocenters. The van der Waals surface area contributed by atoms with E-state index >= 15 is 0 Å². The van der Waals surface area contributed by atoms with Gasteiger partial charge in [-0.1, -0.05) is 25.4 Å². The third-order valence-electron chi connectivity index (χ3n) is 5.39. The van der Waals surface area contributed by atoms with Crippen LogP contribution >= 0.6 is 11.6 Å². The molecule has 1 unspecified atom stereocenters. The maximum Gasteiger partial charge on any atom is 0.205 e. The van der Waals surface area contributed by atoms with Crippen LogP contribution in [0.1, 0.15) is 38.2 Å². The number of nitriles is 1. The van der Waals surface area contributed by atoms with Crippen LogP contribution in [0.4, 0.5) is 0 Å². The fourth-order valence-electron chi connectivity index (χ4n) is 4.06. The molecule has 0 amide bonds. The smallest absolute Gasteiger partial charge is 0.205 e. The van der Waals surface area contributed by atoms with Crippen molar-refractivity contribution in [2.45, 2.75) is 32.6 Å². The Morgan fingerprint density at radius 1 is 1.34 bits per heavy atom. The van der Waals surface area contributed by atoms with Crippen molar-refractivity contribution in [2.75, 3.05) is 7.11 Å². The number of ketones is 1. The first-order chi connectivity index (χ1) is 13.7. The third kappa shape index (κ3) is 3.22. The summed E-state index contributed by atoms with van der Waals surface area (Å²) in [6.07, 6.45) is 0.917. The number of ether oxygens (including phenoxy) is 2. The van der Waals surface area contributed by atoms with Gasteiger partial charge in [0.25, 0.3) is 0 Å². The Hall–Kier alpha value is -3.04. The van der Waals surface area contributed by atoms with E-state index in [1.165, 1.54) is 0 Å². The second-order valence-corrected chi connectivity index (χ2v) is 8.49. The van der Waals surface area contributed by atoms with E-state index in [-0.39, 0.29) is 27.8 Å². The Bertz CT molecular complexity index is 1160. The molecule has 2 heterocycles. The van der Waals surface area contributed by atoms with Gasteiger partial charge in [0.2, 0.25) is 5.88 Å². The van der Waals surface area contributed by atoms with E-state index < -0.39 is 5.92 Å². The van der Waals surface area contributed by atoms with Crippen molar-refractivity contribution in [3.05, 3.63) is 57.8 Å². The lowest BCUT2D eigenvalue weighted by Gasteiger charge is -2.37. The number of Topliss-reactive ketones (excluding diaryl/α,β-unsaturated/α-hetero) is 1. The van der Waals surface area contributed by atoms with Gasteiger partial charge in [-0.3, -0.25) is 4.79 Å². The molecule has 148 valence electrons. The van der Waals surface area contributed by atoms with Crippen LogP contribution in [0.25, 0.3) is 10.9 Å². The zero-order valence-electron chi connectivity index (χ0n) is 16.4. The largest absolute Gasteiger partial charge is 0.497 e. The summed E-state index contributed by atoms with van der Waals surface area (Å²) in [5.41, 5.74) is 7.67. The Kier molecular flexibility index (Phi) is 4.51. The first-order valence-corrected chi connectivity index (χ1v) is 9.60. The minimum absolute atomic E-state index is 0.00708. The highest BCUT2D eigenvalue weighted by molar-refractivity contribution is 6.31. The molecule has 0 saturated carbocycles. The summed E-state index contributed by atoms with van der Waals surface area (Å²) in [5, 5.41) is 10.8. The predicted octanol–water partition coefficient (Wildman–Crippen LogP) is 4.35. The summed E-state index contributed by atoms with van der Waals surface area (Å²) < 4.78 is 11.0. The molecule has 0 saturated heterocycles. The number of hydrogen-bond donors (Lipinski definition) is 1. The van der Waals surface area contributed by atoms with E-state index in [9.17, 15) is 10.1 Å². The number of methoxy groups -OCH3 is 1. The summed E-state index contributed by atoms with van der Waals surface area (Å²) in [4.78, 5) is 17.5. The maximum atomic E-state index is 13.1. The van der Waals surface area contributed by atoms with Crippen molar-refractivity contribution in [3.63, 3.8) is 0 Å². The number of halogens is 1. The average Bonchev–Trinajstić information content (AvgIpc) is 2.65. The van der Waals surface area contributed by atoms with Crippen LogP contribution in [-0.2, 0) is 9.53 Å². The van der Waals surface area contributed by atoms with Gasteiger partial charge in [-0.25, -0.2) is 4.98 Å². The molecule has 0 bridgehead atoms. The van der Waals surface area contributed by atoms with Crippen molar-refractivity contribution in [1.29, 1.82) is 5.26 Å². The van der Waals surface area contributed by atoms with E-state index in [4.69, 9.17) is 26.8 Å². The molecule has 2 N–H and O–H groups in total. The van der Waals surface area contributed by atoms with E-state index in [2.05, 4.69) is 11.1 Å². The van der Waals surface area contributed by atoms with Crippen molar-refractivity contribution < 1.29 is 14.3 Å². The minimum atomic E-state index is -0.696. The highest BCUT2D eigenvalue weighted by atomic mass is 35.5. The highest BCUT2D eigenvalue weighted by Crippen LogP contribution is 2.49. The molecule has 1 aromatic heterocycles. The van der Waals surface area contributed by atoms with Crippen molar-refractivity contribution in [3.8, 4) is 11.8 Å². The zero-order chi connectivity index (χ0) is 20.9. The minimum Gasteiger partial charge on any atom is -0.497 e. The van der Waals surface area contributed by atoms with Crippen LogP contribution in [0, 0.1) is 16.7 Å². The number of nitrogens with two attached hydrogens (primary N) is 1. The normalized spacial score (nSPS) is 20.9. The molecule has 0 fully saturated rings. The van der Waals surface area contributed by atoms with E-state index in [1.54, 1.807) is 13.2 Å². The molecular weight excluding hydrogens is 390 g/mol. The Labute approximate surface area is 173 Å². The average molecular weight is 410 g/mol. The van der Waals surface area contributed by atoms with E-state index in [0.29, 0.717) is 41.0 Å². The quantitative estimate of drug-likeness (QED) is 0.740. The maximum absolute atomic E-state index is 13.1. The van der Waals surface area contributed by atoms with Gasteiger partial charge in [0, 0.05) is 35.4 Å². The van der Waals surface area contributed by atoms with Crippen LogP contribution in [0.15, 0.2) is 47.1 Å². The fraction of sp³-hybridized carbons (Fsp3) is 0.318. The number of benzene rings is 1. The molecule has 0 spiro atoms. The molecule has 29 heavy (non-hydrogen) atoms. The van der Waals surface area contributed by atoms with Gasteiger partial charge < -0.3 is 15.2 Å². The third-order valence-corrected chi connectivity index (χ3v) is 5.69. The van der Waals surface area contributed by atoms with Crippen LogP contribution < -0.4 is 10.5 Å². The molecule has 1 aromatic carbocycles. The van der Waals surface area contributed by atoms with Crippen molar-refractivity contribution in [1.82, 2.24) is 4.98 Å². The van der Waals surface area contributed by atoms with Gasteiger partial charge in [-0.2, -0.15) is 5.26 Å². The van der Waals surface area contributed by atoms with Gasteiger partial charge in [-0.15, -0.1) is 0 Å². The summed E-state index contributed by atoms with van der Waals surface area (Å²) in [7, 11) is 1.58. The number of carbonyl (C=O) groups excluding carboxylic acids is 1. The molecule has 1 aliphatic carbocycles. The highest BCUT2D eigenvalue weighted by Gasteiger charge is 2.43. The Balaban J connectivity index is 1.94. The molecule has 2 aliphatic rings. The number of pyridine rings is 1. The van der Waals surface area contributed by atoms with Crippen LogP contribution in [-0.4, -0.2) is 17.9 Å². The lowest BCUT2D eigenvalue weighted by Crippen LogP contribution is -2.33. The number of carbonyl (C=O) groups is 1. The van der Waals surface area contributed by atoms with E-state index in [1.807, 2.05) is 32.0 Å². The van der Waals surface area contributed by atoms with Crippen LogP contribution in [0.2, 0.25) is 5.15 Å². The van der Waals surface area contributed by atoms with E-state index in [0.717, 1.165) is 5.39 Å². The molecule has 0 radical (unpaired) electrons. The lowest BCUT2D eigenvalue weighted by molar-refractivity contribution is -0.119. The molecule has 6 nitrogen and oxygen atoms in total. The van der Waals surface area contributed by atoms with Gasteiger partial charge in [0.15, 0.2) is 5.78 Å². The summed E-state index contributed by atoms with van der Waals surface area (Å²) in [5.74, 6) is 0.425. The van der Waals surface area contributed by atoms with Gasteiger partial charge >= 0.3 is 0 Å². The number of aromatic nitrogens is 1. The van der Waals surface area contributed by atoms with Crippen molar-refractivity contribution in [2.24, 2.45) is 11.1 Å². The second-order valence-electron chi connectivity index (χ2n) is 8.13. The van der Waals surface area contributed by atoms with Gasteiger partial charge in [0.1, 0.15) is 28.3 Å². The summed E-state index contributed by atoms with van der Waals surface area (Å²) in [6.45, 7) is 4.01. The van der Waals surface area contributed by atoms with Gasteiger partial charge in [-0.05, 0) is 23.6 Å². The standard InChI is InChI=1S/C22H20ClN3O3/c1-22(2)8-16(27)19-17(9-22)29-21(25)14(10-24)18(19)13-6-11-4-5-12(28-3)7-15(11)26-20(13)23/h4-7,18H,8-9,25H2,1-3H3. The summed E-state index contributed by atoms with van der Waals surface area (Å²) >= 11 is 6.54. The SMILES string of the molecule is COc1ccc2cc(C3C(C#N)=C(N)OC4=C3C(=O)CC(C)(C)C4)c(Cl)nc2c1. The summed E-state index contributed by atoms with van der Waals surface area (Å²) in [6, 6.07) is 9.42. The fourth-order valence-corrected chi connectivity index (χ4v) is 4.32. The number of fused-ring (bicyclic) bond motifs is 1. The number of hydrogen-bond acceptors (Lipinski definition) is 6. The molecule has 7 heteroatoms. The molecular formula is C22H20ClN3O3. The molecule has 2 aromatic rings. The zero-order valence-corrected chi connectivity index (χ0v) is 17.1. The molecule has 1 aliphatic heterocycles. The van der Waals surface area contributed by atoms with Crippen LogP contribution in [0.3, 0.4) is 0 Å². The number of allylic oxidation sites excluding steroid dienone is 3. The first kappa shape index (κ1) is 19.3. The first-order valence-electron chi connectivity index (χ1n) is 9.22.